The Hall–Kier alpha value is -5.62. The zero-order chi connectivity index (χ0) is 41.4. The van der Waals surface area contributed by atoms with Gasteiger partial charge in [0, 0.05) is 95.8 Å². The molecule has 9 heterocycles. The van der Waals surface area contributed by atoms with E-state index >= 15 is 0 Å². The number of piperazine rings is 1. The number of H-pyrrole nitrogens is 3. The van der Waals surface area contributed by atoms with Crippen LogP contribution in [0.2, 0.25) is 0 Å². The van der Waals surface area contributed by atoms with Gasteiger partial charge in [-0.1, -0.05) is 0 Å². The van der Waals surface area contributed by atoms with Crippen LogP contribution in [-0.4, -0.2) is 163 Å². The third kappa shape index (κ3) is 8.66. The van der Waals surface area contributed by atoms with Crippen LogP contribution in [0.5, 0.6) is 0 Å². The monoisotopic (exact) mass is 858 g/mol. The van der Waals surface area contributed by atoms with Crippen molar-refractivity contribution in [2.45, 2.75) is 37.8 Å². The number of hydrogen-bond acceptors (Lipinski definition) is 16. The lowest BCUT2D eigenvalue weighted by molar-refractivity contribution is 0.266. The predicted octanol–water partition coefficient (Wildman–Crippen LogP) is 1.30. The van der Waals surface area contributed by atoms with Gasteiger partial charge in [-0.3, -0.25) is 9.88 Å². The van der Waals surface area contributed by atoms with Crippen LogP contribution in [0, 0.1) is 0 Å². The van der Waals surface area contributed by atoms with E-state index in [1.807, 2.05) is 12.1 Å². The maximum absolute atomic E-state index is 13.7. The number of anilines is 3. The Bertz CT molecular complexity index is 2790. The standard InChI is InChI=1S/C37H46N16O5S2/c1-59(55,56)52-10-2-4-24(22-52)44-32-26(30-20-40-34-28(46-30)6-8-38-34)18-42-36(48-32)51-14-12-50(13-15-51)16-17-60(57,58)53-11-3-5-25(23-53)45-33-27(19-43-37(54)49-33)31-21-41-35-29(47-31)7-9-39-35/h6-9,18-21,24-25H,2-5,10-17,22-23H2,1H3,(H,38,40)(H,39,41)(H,42,44,48)(H2,43,45,49,54)/t24-,25-/m0/s1. The zero-order valence-electron chi connectivity index (χ0n) is 33.0. The first kappa shape index (κ1) is 39.8. The van der Waals surface area contributed by atoms with Crippen LogP contribution in [0.1, 0.15) is 25.7 Å². The fourth-order valence-electron chi connectivity index (χ4n) is 8.06. The number of nitrogens with zero attached hydrogens (tertiary/aromatic N) is 11. The first-order valence-corrected chi connectivity index (χ1v) is 23.4. The number of aromatic nitrogens is 10. The molecule has 0 unspecified atom stereocenters. The highest BCUT2D eigenvalue weighted by Crippen LogP contribution is 2.30. The van der Waals surface area contributed by atoms with Gasteiger partial charge in [0.05, 0.1) is 46.9 Å². The Balaban J connectivity index is 0.834. The second kappa shape index (κ2) is 16.4. The average molecular weight is 859 g/mol. The fourth-order valence-corrected chi connectivity index (χ4v) is 10.5. The predicted molar refractivity (Wildman–Crippen MR) is 226 cm³/mol. The van der Waals surface area contributed by atoms with Crippen molar-refractivity contribution in [3.8, 4) is 22.5 Å². The van der Waals surface area contributed by atoms with Crippen molar-refractivity contribution in [2.24, 2.45) is 0 Å². The van der Waals surface area contributed by atoms with Crippen LogP contribution < -0.4 is 21.2 Å². The highest BCUT2D eigenvalue weighted by atomic mass is 32.2. The quantitative estimate of drug-likeness (QED) is 0.116. The summed E-state index contributed by atoms with van der Waals surface area (Å²) in [5.41, 5.74) is 4.48. The van der Waals surface area contributed by atoms with Crippen molar-refractivity contribution >= 4 is 60.0 Å². The van der Waals surface area contributed by atoms with Gasteiger partial charge in [0.15, 0.2) is 11.3 Å². The number of piperidine rings is 2. The minimum absolute atomic E-state index is 0.0268. The van der Waals surface area contributed by atoms with E-state index in [1.54, 1.807) is 35.3 Å². The Kier molecular flexibility index (Phi) is 10.9. The van der Waals surface area contributed by atoms with Crippen molar-refractivity contribution in [3.05, 3.63) is 59.8 Å². The van der Waals surface area contributed by atoms with Gasteiger partial charge >= 0.3 is 5.69 Å². The molecule has 0 radical (unpaired) electrons. The summed E-state index contributed by atoms with van der Waals surface area (Å²) in [6.07, 6.45) is 14.1. The van der Waals surface area contributed by atoms with Gasteiger partial charge in [0.25, 0.3) is 0 Å². The van der Waals surface area contributed by atoms with Gasteiger partial charge in [-0.25, -0.2) is 55.8 Å². The summed E-state index contributed by atoms with van der Waals surface area (Å²) in [5, 5.41) is 6.88. The van der Waals surface area contributed by atoms with Crippen molar-refractivity contribution in [1.82, 2.24) is 63.4 Å². The van der Waals surface area contributed by atoms with Gasteiger partial charge in [-0.2, -0.15) is 9.29 Å². The molecule has 3 saturated heterocycles. The van der Waals surface area contributed by atoms with E-state index in [1.165, 1.54) is 16.8 Å². The van der Waals surface area contributed by atoms with E-state index in [4.69, 9.17) is 15.0 Å². The van der Waals surface area contributed by atoms with Crippen molar-refractivity contribution in [1.29, 1.82) is 0 Å². The third-order valence-corrected chi connectivity index (χ3v) is 14.4. The largest absolute Gasteiger partial charge is 0.367 e. The van der Waals surface area contributed by atoms with E-state index in [0.29, 0.717) is 121 Å². The minimum atomic E-state index is -3.60. The van der Waals surface area contributed by atoms with E-state index in [2.05, 4.69) is 55.3 Å². The molecule has 3 fully saturated rings. The first-order chi connectivity index (χ1) is 28.9. The van der Waals surface area contributed by atoms with E-state index < -0.39 is 25.7 Å². The molecule has 2 atom stereocenters. The molecule has 5 N–H and O–H groups in total. The number of aromatic amines is 3. The average Bonchev–Trinajstić information content (AvgIpc) is 3.93. The van der Waals surface area contributed by atoms with Crippen molar-refractivity contribution < 1.29 is 16.8 Å². The lowest BCUT2D eigenvalue weighted by Crippen LogP contribution is -2.50. The molecular weight excluding hydrogens is 813 g/mol. The number of sulfonamides is 2. The van der Waals surface area contributed by atoms with Crippen LogP contribution in [-0.2, 0) is 20.0 Å². The molecule has 0 spiro atoms. The molecule has 60 heavy (non-hydrogen) atoms. The summed E-state index contributed by atoms with van der Waals surface area (Å²) in [6, 6.07) is 3.24. The molecule has 6 aromatic heterocycles. The van der Waals surface area contributed by atoms with Crippen molar-refractivity contribution in [3.63, 3.8) is 0 Å². The van der Waals surface area contributed by atoms with E-state index in [9.17, 15) is 21.6 Å². The second-order valence-corrected chi connectivity index (χ2v) is 19.5. The lowest BCUT2D eigenvalue weighted by Gasteiger charge is -2.36. The molecule has 23 heteroatoms. The molecule has 3 aliphatic heterocycles. The number of rotatable bonds is 12. The molecule has 21 nitrogen and oxygen atoms in total. The Morgan fingerprint density at radius 2 is 1.33 bits per heavy atom. The van der Waals surface area contributed by atoms with Gasteiger partial charge in [0.1, 0.15) is 22.7 Å². The number of fused-ring (bicyclic) bond motifs is 2. The smallest absolute Gasteiger partial charge is 0.346 e. The Morgan fingerprint density at radius 3 is 2.02 bits per heavy atom. The minimum Gasteiger partial charge on any atom is -0.367 e. The van der Waals surface area contributed by atoms with Crippen molar-refractivity contribution in [2.75, 3.05) is 86.4 Å². The van der Waals surface area contributed by atoms with Crippen LogP contribution in [0.4, 0.5) is 17.6 Å². The summed E-state index contributed by atoms with van der Waals surface area (Å²) >= 11 is 0. The molecule has 0 amide bonds. The summed E-state index contributed by atoms with van der Waals surface area (Å²) in [5.74, 6) is 1.46. The molecular formula is C37H46N16O5S2. The molecule has 9 rings (SSSR count). The Labute approximate surface area is 345 Å². The third-order valence-electron chi connectivity index (χ3n) is 11.3. The number of nitrogens with one attached hydrogen (secondary N) is 5. The van der Waals surface area contributed by atoms with Crippen LogP contribution in [0.15, 0.2) is 54.1 Å². The first-order valence-electron chi connectivity index (χ1n) is 20.0. The van der Waals surface area contributed by atoms with E-state index in [-0.39, 0.29) is 24.4 Å². The second-order valence-electron chi connectivity index (χ2n) is 15.4. The maximum atomic E-state index is 13.7. The highest BCUT2D eigenvalue weighted by Gasteiger charge is 2.32. The number of hydrogen-bond donors (Lipinski definition) is 5. The molecule has 0 bridgehead atoms. The molecule has 316 valence electrons. The van der Waals surface area contributed by atoms with Gasteiger partial charge in [-0.15, -0.1) is 0 Å². The SMILES string of the molecule is CS(=O)(=O)N1CCC[C@H](Nc2nc(N3CCN(CCS(=O)(=O)N4CCC[C@H](Nc5[nH]c(=O)ncc5-c5cnc6[nH]ccc6n5)C4)CC3)ncc2-c2cnc3[nH]ccc3n2)C1. The zero-order valence-corrected chi connectivity index (χ0v) is 34.6. The van der Waals surface area contributed by atoms with Gasteiger partial charge in [0.2, 0.25) is 26.0 Å². The maximum Gasteiger partial charge on any atom is 0.346 e. The van der Waals surface area contributed by atoms with Crippen LogP contribution in [0.3, 0.4) is 0 Å². The van der Waals surface area contributed by atoms with Crippen LogP contribution >= 0.6 is 0 Å². The summed E-state index contributed by atoms with van der Waals surface area (Å²) in [4.78, 5) is 57.3. The normalized spacial score (nSPS) is 20.2. The molecule has 3 aliphatic rings. The molecule has 6 aromatic rings. The Morgan fingerprint density at radius 1 is 0.717 bits per heavy atom. The summed E-state index contributed by atoms with van der Waals surface area (Å²) in [6.45, 7) is 4.26. The van der Waals surface area contributed by atoms with Gasteiger partial charge in [-0.05, 0) is 37.8 Å². The summed E-state index contributed by atoms with van der Waals surface area (Å²) in [7, 11) is -6.95. The van der Waals surface area contributed by atoms with E-state index in [0.717, 1.165) is 19.3 Å². The molecule has 0 aromatic carbocycles. The molecule has 0 saturated carbocycles. The lowest BCUT2D eigenvalue weighted by atomic mass is 10.1. The summed E-state index contributed by atoms with van der Waals surface area (Å²) < 4.78 is 55.3. The fraction of sp³-hybridized carbons (Fsp3) is 0.459. The molecule has 0 aliphatic carbocycles. The highest BCUT2D eigenvalue weighted by molar-refractivity contribution is 7.89. The topological polar surface area (TPSA) is 260 Å². The van der Waals surface area contributed by atoms with Gasteiger partial charge < -0.3 is 25.5 Å². The van der Waals surface area contributed by atoms with Crippen LogP contribution in [0.25, 0.3) is 44.8 Å².